The molecule has 0 bridgehead atoms. The third kappa shape index (κ3) is 3.21. The summed E-state index contributed by atoms with van der Waals surface area (Å²) in [7, 11) is 1.79. The van der Waals surface area contributed by atoms with Gasteiger partial charge in [0.2, 0.25) is 0 Å². The van der Waals surface area contributed by atoms with E-state index < -0.39 is 12.1 Å². The Morgan fingerprint density at radius 2 is 2.33 bits per heavy atom. The molecule has 0 radical (unpaired) electrons. The van der Waals surface area contributed by atoms with E-state index in [-0.39, 0.29) is 5.69 Å². The zero-order valence-electron chi connectivity index (χ0n) is 8.71. The van der Waals surface area contributed by atoms with Gasteiger partial charge in [-0.05, 0) is 19.1 Å². The Kier molecular flexibility index (Phi) is 3.62. The molecule has 1 unspecified atom stereocenters. The topological polar surface area (TPSA) is 73.7 Å². The third-order valence-electron chi connectivity index (χ3n) is 1.94. The van der Waals surface area contributed by atoms with Crippen LogP contribution in [0.2, 0.25) is 0 Å². The number of likely N-dealkylation sites (N-methyl/N-ethyl adjacent to an activating group) is 1. The fourth-order valence-electron chi connectivity index (χ4n) is 1.28. The summed E-state index contributed by atoms with van der Waals surface area (Å²) in [5.74, 6) is -1.05. The molecule has 0 aromatic carbocycles. The molecule has 15 heavy (non-hydrogen) atoms. The normalized spacial score (nSPS) is 12.2. The molecule has 5 heteroatoms. The molecule has 1 aromatic rings. The van der Waals surface area contributed by atoms with Gasteiger partial charge in [0.15, 0.2) is 0 Å². The number of carboxylic acids is 1. The zero-order chi connectivity index (χ0) is 11.4. The molecule has 0 spiro atoms. The minimum atomic E-state index is -1.05. The minimum Gasteiger partial charge on any atom is -0.477 e. The van der Waals surface area contributed by atoms with Crippen LogP contribution < -0.4 is 4.90 Å². The first-order valence-electron chi connectivity index (χ1n) is 4.59. The lowest BCUT2D eigenvalue weighted by Gasteiger charge is -2.20. The van der Waals surface area contributed by atoms with Gasteiger partial charge in [-0.25, -0.2) is 9.78 Å². The smallest absolute Gasteiger partial charge is 0.354 e. The predicted molar refractivity (Wildman–Crippen MR) is 56.1 cm³/mol. The summed E-state index contributed by atoms with van der Waals surface area (Å²) < 4.78 is 0. The monoisotopic (exact) mass is 210 g/mol. The molecule has 0 amide bonds. The number of aliphatic hydroxyl groups is 1. The van der Waals surface area contributed by atoms with Gasteiger partial charge in [0.05, 0.1) is 6.10 Å². The molecule has 0 aliphatic heterocycles. The summed E-state index contributed by atoms with van der Waals surface area (Å²) in [6, 6.07) is 3.18. The van der Waals surface area contributed by atoms with Crippen LogP contribution in [0.5, 0.6) is 0 Å². The van der Waals surface area contributed by atoms with E-state index in [0.29, 0.717) is 6.54 Å². The summed E-state index contributed by atoms with van der Waals surface area (Å²) in [4.78, 5) is 16.2. The van der Waals surface area contributed by atoms with Crippen LogP contribution in [-0.2, 0) is 0 Å². The second-order valence-corrected chi connectivity index (χ2v) is 3.43. The minimum absolute atomic E-state index is 0.00458. The van der Waals surface area contributed by atoms with Gasteiger partial charge in [0, 0.05) is 25.5 Å². The van der Waals surface area contributed by atoms with Crippen LogP contribution in [0.15, 0.2) is 18.3 Å². The van der Waals surface area contributed by atoms with Crippen molar-refractivity contribution in [3.8, 4) is 0 Å². The van der Waals surface area contributed by atoms with Gasteiger partial charge in [0.25, 0.3) is 0 Å². The van der Waals surface area contributed by atoms with Crippen LogP contribution >= 0.6 is 0 Å². The molecule has 1 atom stereocenters. The second-order valence-electron chi connectivity index (χ2n) is 3.43. The maximum absolute atomic E-state index is 10.7. The second kappa shape index (κ2) is 4.75. The maximum atomic E-state index is 10.7. The highest BCUT2D eigenvalue weighted by atomic mass is 16.4. The number of nitrogens with zero attached hydrogens (tertiary/aromatic N) is 2. The highest BCUT2D eigenvalue weighted by Gasteiger charge is 2.08. The average molecular weight is 210 g/mol. The Balaban J connectivity index is 2.85. The number of aromatic nitrogens is 1. The number of aromatic carboxylic acids is 1. The van der Waals surface area contributed by atoms with Crippen LogP contribution in [0.25, 0.3) is 0 Å². The Bertz CT molecular complexity index is 352. The van der Waals surface area contributed by atoms with E-state index in [9.17, 15) is 9.90 Å². The quantitative estimate of drug-likeness (QED) is 0.761. The zero-order valence-corrected chi connectivity index (χ0v) is 8.71. The lowest BCUT2D eigenvalue weighted by atomic mass is 10.2. The molecule has 82 valence electrons. The van der Waals surface area contributed by atoms with Crippen LogP contribution in [0.4, 0.5) is 5.69 Å². The molecule has 0 fully saturated rings. The van der Waals surface area contributed by atoms with Gasteiger partial charge in [-0.3, -0.25) is 0 Å². The van der Waals surface area contributed by atoms with Gasteiger partial charge in [-0.1, -0.05) is 0 Å². The van der Waals surface area contributed by atoms with E-state index in [2.05, 4.69) is 4.98 Å². The van der Waals surface area contributed by atoms with E-state index in [0.717, 1.165) is 5.69 Å². The average Bonchev–Trinajstić information content (AvgIpc) is 2.17. The largest absolute Gasteiger partial charge is 0.477 e. The summed E-state index contributed by atoms with van der Waals surface area (Å²) >= 11 is 0. The van der Waals surface area contributed by atoms with Gasteiger partial charge in [0.1, 0.15) is 5.69 Å². The molecule has 0 aliphatic rings. The Labute approximate surface area is 88.0 Å². The molecule has 0 aliphatic carbocycles. The number of hydrogen-bond acceptors (Lipinski definition) is 4. The SMILES string of the molecule is CC(O)CN(C)c1ccnc(C(=O)O)c1. The van der Waals surface area contributed by atoms with Gasteiger partial charge in [-0.15, -0.1) is 0 Å². The van der Waals surface area contributed by atoms with Crippen molar-refractivity contribution >= 4 is 11.7 Å². The van der Waals surface area contributed by atoms with E-state index >= 15 is 0 Å². The number of pyridine rings is 1. The Morgan fingerprint density at radius 3 is 2.87 bits per heavy atom. The number of anilines is 1. The third-order valence-corrected chi connectivity index (χ3v) is 1.94. The molecule has 1 rings (SSSR count). The first-order valence-corrected chi connectivity index (χ1v) is 4.59. The van der Waals surface area contributed by atoms with Crippen molar-refractivity contribution in [3.05, 3.63) is 24.0 Å². The molecule has 5 nitrogen and oxygen atoms in total. The van der Waals surface area contributed by atoms with E-state index in [1.807, 2.05) is 0 Å². The maximum Gasteiger partial charge on any atom is 0.354 e. The molecule has 0 saturated heterocycles. The van der Waals surface area contributed by atoms with Crippen LogP contribution in [-0.4, -0.2) is 40.9 Å². The first kappa shape index (κ1) is 11.5. The van der Waals surface area contributed by atoms with Gasteiger partial charge < -0.3 is 15.1 Å². The van der Waals surface area contributed by atoms with Crippen LogP contribution in [0.3, 0.4) is 0 Å². The number of aliphatic hydroxyl groups excluding tert-OH is 1. The molecule has 2 N–H and O–H groups in total. The number of rotatable bonds is 4. The van der Waals surface area contributed by atoms with Crippen molar-refractivity contribution in [1.29, 1.82) is 0 Å². The standard InChI is InChI=1S/C10H14N2O3/c1-7(13)6-12(2)8-3-4-11-9(5-8)10(14)15/h3-5,7,13H,6H2,1-2H3,(H,14,15). The summed E-state index contributed by atoms with van der Waals surface area (Å²) in [6.45, 7) is 2.12. The van der Waals surface area contributed by atoms with Crippen molar-refractivity contribution in [2.24, 2.45) is 0 Å². The number of hydrogen-bond donors (Lipinski definition) is 2. The van der Waals surface area contributed by atoms with Crippen LogP contribution in [0.1, 0.15) is 17.4 Å². The molecule has 1 aromatic heterocycles. The Morgan fingerprint density at radius 1 is 1.67 bits per heavy atom. The van der Waals surface area contributed by atoms with E-state index in [4.69, 9.17) is 5.11 Å². The fraction of sp³-hybridized carbons (Fsp3) is 0.400. The fourth-order valence-corrected chi connectivity index (χ4v) is 1.28. The summed E-state index contributed by atoms with van der Waals surface area (Å²) in [5.41, 5.74) is 0.730. The van der Waals surface area contributed by atoms with E-state index in [1.54, 1.807) is 24.9 Å². The Hall–Kier alpha value is -1.62. The number of carboxylic acid groups (broad SMARTS) is 1. The lowest BCUT2D eigenvalue weighted by Crippen LogP contribution is -2.27. The highest BCUT2D eigenvalue weighted by molar-refractivity contribution is 5.86. The van der Waals surface area contributed by atoms with Gasteiger partial charge >= 0.3 is 5.97 Å². The van der Waals surface area contributed by atoms with Crippen molar-refractivity contribution in [2.75, 3.05) is 18.5 Å². The summed E-state index contributed by atoms with van der Waals surface area (Å²) in [6.07, 6.45) is 0.980. The first-order chi connectivity index (χ1) is 7.00. The molecule has 1 heterocycles. The van der Waals surface area contributed by atoms with Gasteiger partial charge in [-0.2, -0.15) is 0 Å². The van der Waals surface area contributed by atoms with Crippen molar-refractivity contribution in [2.45, 2.75) is 13.0 Å². The highest BCUT2D eigenvalue weighted by Crippen LogP contribution is 2.13. The lowest BCUT2D eigenvalue weighted by molar-refractivity contribution is 0.0690. The van der Waals surface area contributed by atoms with Crippen LogP contribution in [0, 0.1) is 0 Å². The molecular formula is C10H14N2O3. The van der Waals surface area contributed by atoms with Crippen molar-refractivity contribution < 1.29 is 15.0 Å². The number of carbonyl (C=O) groups is 1. The van der Waals surface area contributed by atoms with Crippen molar-refractivity contribution in [3.63, 3.8) is 0 Å². The molecular weight excluding hydrogens is 196 g/mol. The summed E-state index contributed by atoms with van der Waals surface area (Å²) in [5, 5.41) is 17.9. The van der Waals surface area contributed by atoms with Crippen molar-refractivity contribution in [1.82, 2.24) is 4.98 Å². The predicted octanol–water partition coefficient (Wildman–Crippen LogP) is 0.597. The van der Waals surface area contributed by atoms with E-state index in [1.165, 1.54) is 12.3 Å². The molecule has 0 saturated carbocycles.